The quantitative estimate of drug-likeness (QED) is 0.870. The molecule has 6 heteroatoms. The maximum Gasteiger partial charge on any atom is 0.270 e. The highest BCUT2D eigenvalue weighted by molar-refractivity contribution is 5.92. The molecule has 1 amide bonds. The first kappa shape index (κ1) is 14.7. The van der Waals surface area contributed by atoms with E-state index in [1.807, 2.05) is 13.8 Å². The van der Waals surface area contributed by atoms with Gasteiger partial charge < -0.3 is 15.4 Å². The summed E-state index contributed by atoms with van der Waals surface area (Å²) in [6.45, 7) is 5.45. The fourth-order valence-corrected chi connectivity index (χ4v) is 2.41. The van der Waals surface area contributed by atoms with Crippen LogP contribution in [0.1, 0.15) is 35.9 Å². The molecule has 1 saturated heterocycles. The Morgan fingerprint density at radius 2 is 2.10 bits per heavy atom. The number of carbonyl (C=O) groups excluding carboxylic acids is 1. The van der Waals surface area contributed by atoms with Gasteiger partial charge >= 0.3 is 0 Å². The average Bonchev–Trinajstić information content (AvgIpc) is 2.47. The van der Waals surface area contributed by atoms with Gasteiger partial charge in [0.25, 0.3) is 5.91 Å². The van der Waals surface area contributed by atoms with Gasteiger partial charge in [-0.2, -0.15) is 0 Å². The second kappa shape index (κ2) is 6.65. The van der Waals surface area contributed by atoms with E-state index >= 15 is 0 Å². The van der Waals surface area contributed by atoms with Crippen LogP contribution in [0.2, 0.25) is 0 Å². The normalized spacial score (nSPS) is 17.6. The molecule has 0 aliphatic carbocycles. The minimum absolute atomic E-state index is 0.125. The van der Waals surface area contributed by atoms with Crippen molar-refractivity contribution in [3.05, 3.63) is 17.5 Å². The summed E-state index contributed by atoms with van der Waals surface area (Å²) >= 11 is 0. The van der Waals surface area contributed by atoms with Crippen molar-refractivity contribution in [2.24, 2.45) is 5.92 Å². The molecule has 0 saturated carbocycles. The first-order valence-electron chi connectivity index (χ1n) is 7.02. The molecular weight excluding hydrogens is 256 g/mol. The number of aromatic nitrogens is 2. The van der Waals surface area contributed by atoms with Crippen molar-refractivity contribution < 1.29 is 9.53 Å². The molecule has 1 atom stereocenters. The van der Waals surface area contributed by atoms with Gasteiger partial charge in [-0.15, -0.1) is 0 Å². The molecule has 1 unspecified atom stereocenters. The van der Waals surface area contributed by atoms with E-state index in [4.69, 9.17) is 4.74 Å². The van der Waals surface area contributed by atoms with Gasteiger partial charge in [0.15, 0.2) is 0 Å². The predicted molar refractivity (Wildman–Crippen MR) is 76.8 cm³/mol. The van der Waals surface area contributed by atoms with Gasteiger partial charge in [-0.25, -0.2) is 9.97 Å². The molecule has 1 fully saturated rings. The second-order valence-corrected chi connectivity index (χ2v) is 5.18. The van der Waals surface area contributed by atoms with Crippen molar-refractivity contribution in [1.82, 2.24) is 15.3 Å². The van der Waals surface area contributed by atoms with Gasteiger partial charge in [0.2, 0.25) is 5.95 Å². The summed E-state index contributed by atoms with van der Waals surface area (Å²) in [6.07, 6.45) is 1.98. The highest BCUT2D eigenvalue weighted by Gasteiger charge is 2.22. The summed E-state index contributed by atoms with van der Waals surface area (Å²) in [5.74, 6) is 0.791. The Hall–Kier alpha value is -1.69. The van der Waals surface area contributed by atoms with Crippen molar-refractivity contribution >= 4 is 11.9 Å². The largest absolute Gasteiger partial charge is 0.381 e. The SMILES string of the molecule is CNc1nc(C)cc(C(=O)NC(C)C2CCOCC2)n1. The third kappa shape index (κ3) is 3.66. The number of ether oxygens (including phenoxy) is 1. The number of anilines is 1. The first-order chi connectivity index (χ1) is 9.60. The van der Waals surface area contributed by atoms with Crippen molar-refractivity contribution in [2.75, 3.05) is 25.6 Å². The molecule has 6 nitrogen and oxygen atoms in total. The van der Waals surface area contributed by atoms with Gasteiger partial charge in [-0.05, 0) is 38.7 Å². The van der Waals surface area contributed by atoms with E-state index in [0.717, 1.165) is 31.7 Å². The molecule has 2 N–H and O–H groups in total. The number of rotatable bonds is 4. The van der Waals surface area contributed by atoms with Gasteiger partial charge in [0, 0.05) is 32.0 Å². The van der Waals surface area contributed by atoms with Crippen molar-refractivity contribution in [3.63, 3.8) is 0 Å². The molecule has 1 aromatic heterocycles. The number of amides is 1. The number of hydrogen-bond donors (Lipinski definition) is 2. The molecule has 1 aliphatic heterocycles. The van der Waals surface area contributed by atoms with Crippen molar-refractivity contribution in [1.29, 1.82) is 0 Å². The minimum atomic E-state index is -0.147. The van der Waals surface area contributed by atoms with Gasteiger partial charge in [0.05, 0.1) is 0 Å². The maximum atomic E-state index is 12.3. The molecule has 1 aromatic rings. The van der Waals surface area contributed by atoms with Crippen LogP contribution in [-0.2, 0) is 4.74 Å². The Kier molecular flexibility index (Phi) is 4.89. The summed E-state index contributed by atoms with van der Waals surface area (Å²) in [5, 5.41) is 5.89. The molecule has 110 valence electrons. The van der Waals surface area contributed by atoms with E-state index in [9.17, 15) is 4.79 Å². The standard InChI is InChI=1S/C14H22N4O2/c1-9-8-12(18-14(15-3)16-9)13(19)17-10(2)11-4-6-20-7-5-11/h8,10-11H,4-7H2,1-3H3,(H,17,19)(H,15,16,18). The minimum Gasteiger partial charge on any atom is -0.381 e. The van der Waals surface area contributed by atoms with E-state index in [0.29, 0.717) is 17.6 Å². The van der Waals surface area contributed by atoms with E-state index < -0.39 is 0 Å². The maximum absolute atomic E-state index is 12.3. The molecule has 2 heterocycles. The molecule has 1 aliphatic rings. The smallest absolute Gasteiger partial charge is 0.270 e. The zero-order chi connectivity index (χ0) is 14.5. The third-order valence-electron chi connectivity index (χ3n) is 3.64. The number of nitrogens with zero attached hydrogens (tertiary/aromatic N) is 2. The van der Waals surface area contributed by atoms with Crippen LogP contribution < -0.4 is 10.6 Å². The molecule has 20 heavy (non-hydrogen) atoms. The summed E-state index contributed by atoms with van der Waals surface area (Å²) in [5.41, 5.74) is 1.17. The number of aryl methyl sites for hydroxylation is 1. The summed E-state index contributed by atoms with van der Waals surface area (Å²) in [6, 6.07) is 1.83. The van der Waals surface area contributed by atoms with Gasteiger partial charge in [-0.3, -0.25) is 4.79 Å². The Morgan fingerprint density at radius 1 is 1.40 bits per heavy atom. The molecule has 0 radical (unpaired) electrons. The van der Waals surface area contributed by atoms with Crippen LogP contribution in [0.4, 0.5) is 5.95 Å². The number of nitrogens with one attached hydrogen (secondary N) is 2. The fraction of sp³-hybridized carbons (Fsp3) is 0.643. The Morgan fingerprint density at radius 3 is 2.75 bits per heavy atom. The lowest BCUT2D eigenvalue weighted by Crippen LogP contribution is -2.40. The molecule has 2 rings (SSSR count). The topological polar surface area (TPSA) is 76.1 Å². The number of hydrogen-bond acceptors (Lipinski definition) is 5. The highest BCUT2D eigenvalue weighted by atomic mass is 16.5. The average molecular weight is 278 g/mol. The third-order valence-corrected chi connectivity index (χ3v) is 3.64. The van der Waals surface area contributed by atoms with E-state index in [1.54, 1.807) is 13.1 Å². The second-order valence-electron chi connectivity index (χ2n) is 5.18. The summed E-state index contributed by atoms with van der Waals surface area (Å²) in [7, 11) is 1.74. The fourth-order valence-electron chi connectivity index (χ4n) is 2.41. The predicted octanol–water partition coefficient (Wildman–Crippen LogP) is 1.37. The monoisotopic (exact) mass is 278 g/mol. The van der Waals surface area contributed by atoms with Gasteiger partial charge in [-0.1, -0.05) is 0 Å². The van der Waals surface area contributed by atoms with E-state index in [1.165, 1.54) is 0 Å². The van der Waals surface area contributed by atoms with Crippen LogP contribution in [-0.4, -0.2) is 42.2 Å². The van der Waals surface area contributed by atoms with E-state index in [-0.39, 0.29) is 11.9 Å². The Bertz CT molecular complexity index is 472. The molecule has 0 spiro atoms. The van der Waals surface area contributed by atoms with Crippen LogP contribution in [0.15, 0.2) is 6.07 Å². The molecular formula is C14H22N4O2. The lowest BCUT2D eigenvalue weighted by Gasteiger charge is -2.28. The summed E-state index contributed by atoms with van der Waals surface area (Å²) < 4.78 is 5.34. The Balaban J connectivity index is 2.01. The zero-order valence-corrected chi connectivity index (χ0v) is 12.3. The van der Waals surface area contributed by atoms with Crippen molar-refractivity contribution in [2.45, 2.75) is 32.7 Å². The lowest BCUT2D eigenvalue weighted by molar-refractivity contribution is 0.0537. The van der Waals surface area contributed by atoms with Crippen LogP contribution in [0.3, 0.4) is 0 Å². The summed E-state index contributed by atoms with van der Waals surface area (Å²) in [4.78, 5) is 20.6. The lowest BCUT2D eigenvalue weighted by atomic mass is 9.93. The number of carbonyl (C=O) groups is 1. The van der Waals surface area contributed by atoms with Crippen LogP contribution in [0.25, 0.3) is 0 Å². The first-order valence-corrected chi connectivity index (χ1v) is 7.02. The molecule has 0 bridgehead atoms. The van der Waals surface area contributed by atoms with Crippen LogP contribution in [0.5, 0.6) is 0 Å². The van der Waals surface area contributed by atoms with Crippen LogP contribution in [0, 0.1) is 12.8 Å². The highest BCUT2D eigenvalue weighted by Crippen LogP contribution is 2.18. The van der Waals surface area contributed by atoms with E-state index in [2.05, 4.69) is 20.6 Å². The Labute approximate surface area is 119 Å². The van der Waals surface area contributed by atoms with Crippen LogP contribution >= 0.6 is 0 Å². The van der Waals surface area contributed by atoms with Gasteiger partial charge in [0.1, 0.15) is 5.69 Å². The molecule has 0 aromatic carbocycles. The van der Waals surface area contributed by atoms with Crippen molar-refractivity contribution in [3.8, 4) is 0 Å². The zero-order valence-electron chi connectivity index (χ0n) is 12.3.